The lowest BCUT2D eigenvalue weighted by Gasteiger charge is -2.59. The van der Waals surface area contributed by atoms with Gasteiger partial charge in [0.25, 0.3) is 0 Å². The highest BCUT2D eigenvalue weighted by Gasteiger charge is 2.71. The van der Waals surface area contributed by atoms with Crippen LogP contribution in [0.15, 0.2) is 12.1 Å². The summed E-state index contributed by atoms with van der Waals surface area (Å²) >= 11 is 0. The minimum Gasteiger partial charge on any atom is -0.493 e. The molecule has 0 radical (unpaired) electrons. The summed E-state index contributed by atoms with van der Waals surface area (Å²) in [6, 6.07) is 3.96. The van der Waals surface area contributed by atoms with Crippen LogP contribution in [0.4, 0.5) is 0 Å². The van der Waals surface area contributed by atoms with Crippen molar-refractivity contribution in [1.82, 2.24) is 5.32 Å². The van der Waals surface area contributed by atoms with Crippen LogP contribution in [0, 0.1) is 0 Å². The number of ketones is 1. The first-order valence-corrected chi connectivity index (χ1v) is 7.97. The molecule has 2 fully saturated rings. The highest BCUT2D eigenvalue weighted by Crippen LogP contribution is 2.63. The van der Waals surface area contributed by atoms with Gasteiger partial charge in [-0.2, -0.15) is 0 Å². The van der Waals surface area contributed by atoms with Gasteiger partial charge in [0.1, 0.15) is 0 Å². The van der Waals surface area contributed by atoms with Gasteiger partial charge in [-0.05, 0) is 37.4 Å². The van der Waals surface area contributed by atoms with Gasteiger partial charge in [0.15, 0.2) is 23.4 Å². The zero-order chi connectivity index (χ0) is 15.1. The molecule has 1 saturated heterocycles. The van der Waals surface area contributed by atoms with Crippen molar-refractivity contribution in [3.63, 3.8) is 0 Å². The van der Waals surface area contributed by atoms with Gasteiger partial charge in [0.05, 0.1) is 18.1 Å². The molecule has 4 aliphatic rings. The third kappa shape index (κ3) is 1.16. The van der Waals surface area contributed by atoms with E-state index < -0.39 is 17.1 Å². The highest BCUT2D eigenvalue weighted by molar-refractivity contribution is 5.90. The fraction of sp³-hybridized carbons (Fsp3) is 0.588. The number of carbonyl (C=O) groups excluding carboxylic acids is 1. The number of benzene rings is 1. The Morgan fingerprint density at radius 1 is 1.41 bits per heavy atom. The summed E-state index contributed by atoms with van der Waals surface area (Å²) in [6.07, 6.45) is 1.83. The number of methoxy groups -OCH3 is 1. The van der Waals surface area contributed by atoms with E-state index in [4.69, 9.17) is 9.47 Å². The van der Waals surface area contributed by atoms with Crippen LogP contribution in [0.5, 0.6) is 11.5 Å². The van der Waals surface area contributed by atoms with Gasteiger partial charge in [-0.3, -0.25) is 4.79 Å². The summed E-state index contributed by atoms with van der Waals surface area (Å²) < 4.78 is 11.6. The maximum Gasteiger partial charge on any atom is 0.174 e. The topological polar surface area (TPSA) is 67.8 Å². The molecule has 1 spiro atoms. The van der Waals surface area contributed by atoms with Gasteiger partial charge in [-0.15, -0.1) is 0 Å². The molecule has 0 aromatic heterocycles. The molecule has 1 aromatic rings. The van der Waals surface area contributed by atoms with Gasteiger partial charge in [-0.25, -0.2) is 0 Å². The lowest BCUT2D eigenvalue weighted by atomic mass is 9.49. The molecule has 5 rings (SSSR count). The predicted octanol–water partition coefficient (Wildman–Crippen LogP) is 0.706. The van der Waals surface area contributed by atoms with E-state index in [0.717, 1.165) is 24.9 Å². The van der Waals surface area contributed by atoms with Crippen molar-refractivity contribution in [2.45, 2.75) is 48.8 Å². The summed E-state index contributed by atoms with van der Waals surface area (Å²) in [5.41, 5.74) is 0.699. The summed E-state index contributed by atoms with van der Waals surface area (Å²) in [4.78, 5) is 12.6. The van der Waals surface area contributed by atoms with Gasteiger partial charge in [0, 0.05) is 18.0 Å². The number of rotatable bonds is 1. The molecule has 2 N–H and O–H groups in total. The number of ether oxygens (including phenoxy) is 2. The van der Waals surface area contributed by atoms with Crippen LogP contribution in [0.3, 0.4) is 0 Å². The molecular formula is C17H19NO4. The van der Waals surface area contributed by atoms with E-state index in [2.05, 4.69) is 11.4 Å². The summed E-state index contributed by atoms with van der Waals surface area (Å²) in [6.45, 7) is 0.802. The first-order chi connectivity index (χ1) is 10.6. The molecule has 22 heavy (non-hydrogen) atoms. The molecule has 2 heterocycles. The van der Waals surface area contributed by atoms with Crippen molar-refractivity contribution in [3.8, 4) is 11.5 Å². The third-order valence-electron chi connectivity index (χ3n) is 6.29. The molecule has 1 saturated carbocycles. The molecule has 2 aliphatic heterocycles. The average molecular weight is 301 g/mol. The van der Waals surface area contributed by atoms with Gasteiger partial charge in [0.2, 0.25) is 0 Å². The van der Waals surface area contributed by atoms with Crippen LogP contribution in [-0.4, -0.2) is 42.3 Å². The van der Waals surface area contributed by atoms with E-state index in [-0.39, 0.29) is 11.8 Å². The van der Waals surface area contributed by atoms with Crippen LogP contribution in [0.25, 0.3) is 0 Å². The van der Waals surface area contributed by atoms with Crippen molar-refractivity contribution in [2.75, 3.05) is 13.7 Å². The number of hydrogen-bond donors (Lipinski definition) is 2. The normalized spacial score (nSPS) is 40.9. The summed E-state index contributed by atoms with van der Waals surface area (Å²) in [5, 5.41) is 15.0. The fourth-order valence-electron chi connectivity index (χ4n) is 5.37. The number of aliphatic hydroxyl groups is 1. The van der Waals surface area contributed by atoms with Crippen molar-refractivity contribution < 1.29 is 19.4 Å². The Labute approximate surface area is 128 Å². The van der Waals surface area contributed by atoms with Crippen LogP contribution in [-0.2, 0) is 16.6 Å². The number of piperidine rings is 1. The Morgan fingerprint density at radius 3 is 3.09 bits per heavy atom. The average Bonchev–Trinajstić information content (AvgIpc) is 2.85. The van der Waals surface area contributed by atoms with E-state index in [1.54, 1.807) is 7.11 Å². The zero-order valence-corrected chi connectivity index (χ0v) is 12.5. The lowest BCUT2D eigenvalue weighted by molar-refractivity contribution is -0.166. The van der Waals surface area contributed by atoms with E-state index >= 15 is 0 Å². The monoisotopic (exact) mass is 301 g/mol. The van der Waals surface area contributed by atoms with Crippen molar-refractivity contribution in [2.24, 2.45) is 0 Å². The minimum atomic E-state index is -0.908. The Hall–Kier alpha value is -1.59. The molecule has 1 aromatic carbocycles. The van der Waals surface area contributed by atoms with Gasteiger partial charge in [-0.1, -0.05) is 6.07 Å². The predicted molar refractivity (Wildman–Crippen MR) is 78.4 cm³/mol. The summed E-state index contributed by atoms with van der Waals surface area (Å²) in [5.74, 6) is 1.45. The second-order valence-electron chi connectivity index (χ2n) is 6.95. The third-order valence-corrected chi connectivity index (χ3v) is 6.29. The first-order valence-electron chi connectivity index (χ1n) is 7.97. The Bertz CT molecular complexity index is 702. The van der Waals surface area contributed by atoms with E-state index in [1.807, 2.05) is 6.07 Å². The van der Waals surface area contributed by atoms with Gasteiger partial charge < -0.3 is 19.9 Å². The highest BCUT2D eigenvalue weighted by atomic mass is 16.5. The molecular weight excluding hydrogens is 282 g/mol. The second kappa shape index (κ2) is 3.84. The summed E-state index contributed by atoms with van der Waals surface area (Å²) in [7, 11) is 1.61. The number of hydrogen-bond acceptors (Lipinski definition) is 5. The molecule has 2 bridgehead atoms. The van der Waals surface area contributed by atoms with Crippen LogP contribution >= 0.6 is 0 Å². The molecule has 5 heteroatoms. The standard InChI is InChI=1S/C17H19NO4/c1-21-11-3-2-9-8-12-17(20)5-4-10(19)15-16(17,6-7-18-12)13(9)14(11)22-15/h2-3,12,15,18,20H,4-8H2,1H3/t12-,15+,16+,17?/m1/s1. The smallest absolute Gasteiger partial charge is 0.174 e. The number of Topliss-reactive ketones (excluding diaryl/α,β-unsaturated/α-hetero) is 1. The van der Waals surface area contributed by atoms with Crippen LogP contribution in [0.2, 0.25) is 0 Å². The SMILES string of the molecule is COc1ccc2c3c1O[C@H]1C(=O)CCC4(O)[C@@H](C2)NCC[C@]314. The minimum absolute atomic E-state index is 0.00713. The lowest BCUT2D eigenvalue weighted by Crippen LogP contribution is -2.76. The van der Waals surface area contributed by atoms with Gasteiger partial charge >= 0.3 is 0 Å². The Kier molecular flexibility index (Phi) is 2.25. The molecule has 0 amide bonds. The van der Waals surface area contributed by atoms with Crippen molar-refractivity contribution in [1.29, 1.82) is 0 Å². The molecule has 4 atom stereocenters. The van der Waals surface area contributed by atoms with E-state index in [1.165, 1.54) is 5.56 Å². The molecule has 116 valence electrons. The largest absolute Gasteiger partial charge is 0.493 e. The molecule has 1 unspecified atom stereocenters. The zero-order valence-electron chi connectivity index (χ0n) is 12.5. The number of carbonyl (C=O) groups is 1. The van der Waals surface area contributed by atoms with Crippen molar-refractivity contribution >= 4 is 5.78 Å². The fourth-order valence-corrected chi connectivity index (χ4v) is 5.37. The number of nitrogens with one attached hydrogen (secondary N) is 1. The van der Waals surface area contributed by atoms with Crippen LogP contribution in [0.1, 0.15) is 30.4 Å². The van der Waals surface area contributed by atoms with E-state index in [0.29, 0.717) is 24.3 Å². The van der Waals surface area contributed by atoms with Crippen molar-refractivity contribution in [3.05, 3.63) is 23.3 Å². The molecule has 5 nitrogen and oxygen atoms in total. The first kappa shape index (κ1) is 12.9. The maximum atomic E-state index is 12.6. The quantitative estimate of drug-likeness (QED) is 0.799. The second-order valence-corrected chi connectivity index (χ2v) is 6.95. The molecule has 2 aliphatic carbocycles. The Balaban J connectivity index is 1.87. The van der Waals surface area contributed by atoms with E-state index in [9.17, 15) is 9.90 Å². The Morgan fingerprint density at radius 2 is 2.27 bits per heavy atom. The maximum absolute atomic E-state index is 12.6. The van der Waals surface area contributed by atoms with Crippen LogP contribution < -0.4 is 14.8 Å².